The van der Waals surface area contributed by atoms with Gasteiger partial charge in [0.05, 0.1) is 31.1 Å². The first-order valence-electron chi connectivity index (χ1n) is 9.15. The standard InChI is InChI=1S/C22H24N2O4/c1-13-10-16-12-15(21(25)24-18(16)11-14(13)2)8-9-23-22(26)17-6-5-7-19(27-3)20(17)28-4/h5-7,10-12,15H,8-9H2,1-4H3,(H,23,26). The number of para-hydroxylation sites is 1. The van der Waals surface area contributed by atoms with Gasteiger partial charge in [-0.1, -0.05) is 12.1 Å². The average Bonchev–Trinajstić information content (AvgIpc) is 2.69. The van der Waals surface area contributed by atoms with Crippen molar-refractivity contribution in [2.24, 2.45) is 10.9 Å². The summed E-state index contributed by atoms with van der Waals surface area (Å²) < 4.78 is 10.5. The Labute approximate surface area is 163 Å². The van der Waals surface area contributed by atoms with E-state index in [0.29, 0.717) is 30.0 Å². The Hall–Kier alpha value is -3.15. The number of nitrogens with zero attached hydrogens (tertiary/aromatic N) is 1. The molecule has 146 valence electrons. The number of rotatable bonds is 6. The Morgan fingerprint density at radius 1 is 1.14 bits per heavy atom. The van der Waals surface area contributed by atoms with Crippen molar-refractivity contribution in [1.29, 1.82) is 0 Å². The largest absolute Gasteiger partial charge is 0.493 e. The van der Waals surface area contributed by atoms with E-state index in [1.54, 1.807) is 18.2 Å². The number of nitrogens with one attached hydrogen (secondary N) is 1. The number of methoxy groups -OCH3 is 2. The topological polar surface area (TPSA) is 77.0 Å². The summed E-state index contributed by atoms with van der Waals surface area (Å²) in [6.45, 7) is 4.39. The molecule has 0 bridgehead atoms. The second-order valence-electron chi connectivity index (χ2n) is 6.80. The van der Waals surface area contributed by atoms with Crippen LogP contribution in [0.1, 0.15) is 27.9 Å². The molecule has 0 radical (unpaired) electrons. The van der Waals surface area contributed by atoms with Crippen molar-refractivity contribution in [3.8, 4) is 11.5 Å². The lowest BCUT2D eigenvalue weighted by Gasteiger charge is -2.15. The smallest absolute Gasteiger partial charge is 0.255 e. The highest BCUT2D eigenvalue weighted by Gasteiger charge is 2.20. The second-order valence-corrected chi connectivity index (χ2v) is 6.80. The minimum Gasteiger partial charge on any atom is -0.493 e. The molecule has 0 aliphatic carbocycles. The molecular formula is C22H24N2O4. The van der Waals surface area contributed by atoms with Crippen LogP contribution in [-0.2, 0) is 4.79 Å². The summed E-state index contributed by atoms with van der Waals surface area (Å²) in [4.78, 5) is 29.1. The molecule has 2 aromatic rings. The Kier molecular flexibility index (Phi) is 5.78. The molecule has 1 heterocycles. The molecule has 6 nitrogen and oxygen atoms in total. The maximum Gasteiger partial charge on any atom is 0.255 e. The van der Waals surface area contributed by atoms with Crippen LogP contribution in [0.4, 0.5) is 0 Å². The minimum absolute atomic E-state index is 0.177. The van der Waals surface area contributed by atoms with Gasteiger partial charge in [0.1, 0.15) is 0 Å². The maximum absolute atomic E-state index is 12.5. The summed E-state index contributed by atoms with van der Waals surface area (Å²) in [7, 11) is 3.02. The van der Waals surface area contributed by atoms with Crippen molar-refractivity contribution in [3.63, 3.8) is 0 Å². The third kappa shape index (κ3) is 3.91. The monoisotopic (exact) mass is 380 g/mol. The summed E-state index contributed by atoms with van der Waals surface area (Å²) in [5, 5.41) is 4.53. The predicted octanol–water partition coefficient (Wildman–Crippen LogP) is 1.70. The van der Waals surface area contributed by atoms with E-state index in [2.05, 4.69) is 10.3 Å². The van der Waals surface area contributed by atoms with Crippen LogP contribution in [0.15, 0.2) is 35.3 Å². The number of amides is 2. The molecule has 1 atom stereocenters. The van der Waals surface area contributed by atoms with Gasteiger partial charge in [-0.2, -0.15) is 0 Å². The minimum atomic E-state index is -0.345. The van der Waals surface area contributed by atoms with Crippen molar-refractivity contribution in [2.45, 2.75) is 20.3 Å². The highest BCUT2D eigenvalue weighted by Crippen LogP contribution is 2.30. The van der Waals surface area contributed by atoms with Gasteiger partial charge in [-0.15, -0.1) is 0 Å². The van der Waals surface area contributed by atoms with Gasteiger partial charge in [-0.25, -0.2) is 4.99 Å². The van der Waals surface area contributed by atoms with Gasteiger partial charge in [-0.05, 0) is 60.9 Å². The van der Waals surface area contributed by atoms with E-state index in [4.69, 9.17) is 9.47 Å². The number of ether oxygens (including phenoxy) is 2. The summed E-state index contributed by atoms with van der Waals surface area (Å²) in [5.41, 5.74) is 2.67. The van der Waals surface area contributed by atoms with Crippen LogP contribution in [0, 0.1) is 19.8 Å². The molecule has 3 rings (SSSR count). The average molecular weight is 380 g/mol. The third-order valence-corrected chi connectivity index (χ3v) is 4.96. The van der Waals surface area contributed by atoms with E-state index in [-0.39, 0.29) is 17.7 Å². The summed E-state index contributed by atoms with van der Waals surface area (Å²) in [6.07, 6.45) is 2.42. The van der Waals surface area contributed by atoms with Crippen molar-refractivity contribution in [3.05, 3.63) is 57.6 Å². The van der Waals surface area contributed by atoms with Crippen LogP contribution in [0.5, 0.6) is 11.5 Å². The van der Waals surface area contributed by atoms with Crippen LogP contribution in [0.2, 0.25) is 0 Å². The lowest BCUT2D eigenvalue weighted by atomic mass is 9.98. The number of hydrogen-bond acceptors (Lipinski definition) is 4. The highest BCUT2D eigenvalue weighted by molar-refractivity contribution is 5.97. The zero-order chi connectivity index (χ0) is 20.3. The van der Waals surface area contributed by atoms with E-state index in [1.807, 2.05) is 32.1 Å². The molecular weight excluding hydrogens is 356 g/mol. The lowest BCUT2D eigenvalue weighted by molar-refractivity contribution is -0.120. The SMILES string of the molecule is COc1cccc(C(=O)NCCC2C=c3cc(C)c(C)cc3=NC2=O)c1OC. The number of aryl methyl sites for hydroxylation is 2. The first-order chi connectivity index (χ1) is 13.4. The molecule has 0 aromatic heterocycles. The number of fused-ring (bicyclic) bond motifs is 1. The Morgan fingerprint density at radius 2 is 1.89 bits per heavy atom. The molecule has 28 heavy (non-hydrogen) atoms. The van der Waals surface area contributed by atoms with E-state index in [1.165, 1.54) is 14.2 Å². The molecule has 0 fully saturated rings. The van der Waals surface area contributed by atoms with Gasteiger partial charge in [0, 0.05) is 6.54 Å². The van der Waals surface area contributed by atoms with Crippen LogP contribution in [-0.4, -0.2) is 32.6 Å². The fraction of sp³-hybridized carbons (Fsp3) is 0.318. The number of carbonyl (C=O) groups excluding carboxylic acids is 2. The lowest BCUT2D eigenvalue weighted by Crippen LogP contribution is -2.36. The normalized spacial score (nSPS) is 15.1. The third-order valence-electron chi connectivity index (χ3n) is 4.96. The van der Waals surface area contributed by atoms with E-state index >= 15 is 0 Å². The number of hydrogen-bond donors (Lipinski definition) is 1. The van der Waals surface area contributed by atoms with Gasteiger partial charge in [0.25, 0.3) is 11.8 Å². The summed E-state index contributed by atoms with van der Waals surface area (Å²) in [6, 6.07) is 9.12. The highest BCUT2D eigenvalue weighted by atomic mass is 16.5. The van der Waals surface area contributed by atoms with E-state index in [0.717, 1.165) is 21.7 Å². The van der Waals surface area contributed by atoms with E-state index in [9.17, 15) is 9.59 Å². The molecule has 1 aliphatic heterocycles. The Bertz CT molecular complexity index is 1040. The summed E-state index contributed by atoms with van der Waals surface area (Å²) >= 11 is 0. The van der Waals surface area contributed by atoms with E-state index < -0.39 is 0 Å². The second kappa shape index (κ2) is 8.25. The molecule has 6 heteroatoms. The van der Waals surface area contributed by atoms with Gasteiger partial charge >= 0.3 is 0 Å². The number of carbonyl (C=O) groups is 2. The predicted molar refractivity (Wildman–Crippen MR) is 106 cm³/mol. The number of benzene rings is 2. The van der Waals surface area contributed by atoms with Gasteiger partial charge in [-0.3, -0.25) is 9.59 Å². The first kappa shape index (κ1) is 19.6. The molecule has 1 unspecified atom stereocenters. The van der Waals surface area contributed by atoms with Crippen molar-refractivity contribution in [2.75, 3.05) is 20.8 Å². The van der Waals surface area contributed by atoms with Crippen LogP contribution < -0.4 is 25.4 Å². The quantitative estimate of drug-likeness (QED) is 0.828. The zero-order valence-corrected chi connectivity index (χ0v) is 16.5. The Balaban J connectivity index is 1.70. The van der Waals surface area contributed by atoms with Crippen LogP contribution >= 0.6 is 0 Å². The molecule has 0 saturated carbocycles. The fourth-order valence-electron chi connectivity index (χ4n) is 3.25. The molecule has 1 N–H and O–H groups in total. The van der Waals surface area contributed by atoms with Crippen molar-refractivity contribution >= 4 is 17.9 Å². The first-order valence-corrected chi connectivity index (χ1v) is 9.15. The molecule has 0 saturated heterocycles. The Morgan fingerprint density at radius 3 is 2.61 bits per heavy atom. The van der Waals surface area contributed by atoms with Crippen molar-refractivity contribution in [1.82, 2.24) is 5.32 Å². The van der Waals surface area contributed by atoms with Gasteiger partial charge < -0.3 is 14.8 Å². The van der Waals surface area contributed by atoms with Crippen LogP contribution in [0.25, 0.3) is 6.08 Å². The fourth-order valence-corrected chi connectivity index (χ4v) is 3.25. The van der Waals surface area contributed by atoms with Crippen LogP contribution in [0.3, 0.4) is 0 Å². The molecule has 2 amide bonds. The molecule has 2 aromatic carbocycles. The zero-order valence-electron chi connectivity index (χ0n) is 16.5. The maximum atomic E-state index is 12.5. The van der Waals surface area contributed by atoms with Crippen molar-refractivity contribution < 1.29 is 19.1 Å². The van der Waals surface area contributed by atoms with Gasteiger partial charge in [0.15, 0.2) is 11.5 Å². The summed E-state index contributed by atoms with van der Waals surface area (Å²) in [5.74, 6) is 0.0819. The molecule has 1 aliphatic rings. The molecule has 0 spiro atoms. The van der Waals surface area contributed by atoms with Gasteiger partial charge in [0.2, 0.25) is 0 Å².